The minimum absolute atomic E-state index is 0.0239. The molecular formula is C13H22N2O3. The summed E-state index contributed by atoms with van der Waals surface area (Å²) in [5.74, 6) is 0.493. The summed E-state index contributed by atoms with van der Waals surface area (Å²) in [5, 5.41) is 0. The molecule has 1 unspecified atom stereocenters. The van der Waals surface area contributed by atoms with Gasteiger partial charge in [0.2, 0.25) is 5.91 Å². The van der Waals surface area contributed by atoms with Gasteiger partial charge in [-0.2, -0.15) is 0 Å². The van der Waals surface area contributed by atoms with E-state index < -0.39 is 0 Å². The number of nitrogens with zero attached hydrogens (tertiary/aromatic N) is 1. The standard InChI is InChI=1S/C13H22N2O3/c1-18-13(17)10-4-6-15(7-5-10)12(16)8-11(14)9-2-3-9/h9-11H,2-8,14H2,1H3. The van der Waals surface area contributed by atoms with Crippen molar-refractivity contribution in [3.05, 3.63) is 0 Å². The Morgan fingerprint density at radius 2 is 1.89 bits per heavy atom. The molecule has 18 heavy (non-hydrogen) atoms. The van der Waals surface area contributed by atoms with Gasteiger partial charge in [0, 0.05) is 25.6 Å². The summed E-state index contributed by atoms with van der Waals surface area (Å²) < 4.78 is 4.73. The first-order chi connectivity index (χ1) is 8.61. The van der Waals surface area contributed by atoms with Crippen LogP contribution in [0.25, 0.3) is 0 Å². The molecule has 1 atom stereocenters. The SMILES string of the molecule is COC(=O)C1CCN(C(=O)CC(N)C2CC2)CC1. The molecule has 1 aliphatic heterocycles. The summed E-state index contributed by atoms with van der Waals surface area (Å²) in [6, 6.07) is 0.0239. The molecule has 0 aromatic rings. The molecule has 0 aromatic heterocycles. The third-order valence-corrected chi connectivity index (χ3v) is 4.02. The Balaban J connectivity index is 1.74. The van der Waals surface area contributed by atoms with Crippen LogP contribution >= 0.6 is 0 Å². The second-order valence-electron chi connectivity index (χ2n) is 5.38. The van der Waals surface area contributed by atoms with E-state index >= 15 is 0 Å². The first-order valence-electron chi connectivity index (χ1n) is 6.73. The molecule has 5 nitrogen and oxygen atoms in total. The van der Waals surface area contributed by atoms with Crippen LogP contribution in [0.15, 0.2) is 0 Å². The smallest absolute Gasteiger partial charge is 0.308 e. The van der Waals surface area contributed by atoms with E-state index in [1.807, 2.05) is 4.90 Å². The molecule has 102 valence electrons. The van der Waals surface area contributed by atoms with Gasteiger partial charge in [0.15, 0.2) is 0 Å². The molecule has 5 heteroatoms. The van der Waals surface area contributed by atoms with Crippen molar-refractivity contribution in [3.63, 3.8) is 0 Å². The van der Waals surface area contributed by atoms with Gasteiger partial charge in [0.1, 0.15) is 0 Å². The van der Waals surface area contributed by atoms with Crippen LogP contribution < -0.4 is 5.73 Å². The Kier molecular flexibility index (Phi) is 4.22. The van der Waals surface area contributed by atoms with Crippen molar-refractivity contribution in [2.75, 3.05) is 20.2 Å². The van der Waals surface area contributed by atoms with E-state index in [0.717, 1.165) is 0 Å². The largest absolute Gasteiger partial charge is 0.469 e. The van der Waals surface area contributed by atoms with Crippen LogP contribution in [0, 0.1) is 11.8 Å². The van der Waals surface area contributed by atoms with Gasteiger partial charge < -0.3 is 15.4 Å². The highest BCUT2D eigenvalue weighted by molar-refractivity contribution is 5.78. The number of carbonyl (C=O) groups excluding carboxylic acids is 2. The van der Waals surface area contributed by atoms with Gasteiger partial charge in [-0.3, -0.25) is 9.59 Å². The second-order valence-corrected chi connectivity index (χ2v) is 5.38. The van der Waals surface area contributed by atoms with Gasteiger partial charge in [0.05, 0.1) is 13.0 Å². The third kappa shape index (κ3) is 3.22. The summed E-state index contributed by atoms with van der Waals surface area (Å²) in [7, 11) is 1.41. The monoisotopic (exact) mass is 254 g/mol. The molecule has 0 bridgehead atoms. The first kappa shape index (κ1) is 13.3. The Morgan fingerprint density at radius 1 is 1.28 bits per heavy atom. The maximum Gasteiger partial charge on any atom is 0.308 e. The Bertz CT molecular complexity index is 320. The van der Waals surface area contributed by atoms with E-state index in [-0.39, 0.29) is 23.8 Å². The van der Waals surface area contributed by atoms with Crippen LogP contribution in [-0.4, -0.2) is 43.0 Å². The molecule has 0 spiro atoms. The van der Waals surface area contributed by atoms with Crippen molar-refractivity contribution in [1.29, 1.82) is 0 Å². The van der Waals surface area contributed by atoms with Crippen LogP contribution in [0.1, 0.15) is 32.1 Å². The van der Waals surface area contributed by atoms with Crippen LogP contribution in [0.5, 0.6) is 0 Å². The summed E-state index contributed by atoms with van der Waals surface area (Å²) in [5.41, 5.74) is 5.96. The maximum atomic E-state index is 12.0. The molecule has 1 saturated heterocycles. The molecule has 0 radical (unpaired) electrons. The number of methoxy groups -OCH3 is 1. The molecule has 2 rings (SSSR count). The van der Waals surface area contributed by atoms with Gasteiger partial charge >= 0.3 is 5.97 Å². The summed E-state index contributed by atoms with van der Waals surface area (Å²) in [6.07, 6.45) is 4.19. The van der Waals surface area contributed by atoms with Gasteiger partial charge in [-0.1, -0.05) is 0 Å². The molecular weight excluding hydrogens is 232 g/mol. The van der Waals surface area contributed by atoms with Gasteiger partial charge in [-0.25, -0.2) is 0 Å². The van der Waals surface area contributed by atoms with E-state index in [9.17, 15) is 9.59 Å². The van der Waals surface area contributed by atoms with Crippen molar-refractivity contribution in [3.8, 4) is 0 Å². The topological polar surface area (TPSA) is 72.6 Å². The van der Waals surface area contributed by atoms with Crippen molar-refractivity contribution < 1.29 is 14.3 Å². The summed E-state index contributed by atoms with van der Waals surface area (Å²) >= 11 is 0. The fraction of sp³-hybridized carbons (Fsp3) is 0.846. The van der Waals surface area contributed by atoms with Crippen LogP contribution in [0.3, 0.4) is 0 Å². The zero-order valence-electron chi connectivity index (χ0n) is 10.9. The molecule has 0 aromatic carbocycles. The summed E-state index contributed by atoms with van der Waals surface area (Å²) in [6.45, 7) is 1.30. The van der Waals surface area contributed by atoms with Gasteiger partial charge in [-0.15, -0.1) is 0 Å². The molecule has 2 aliphatic rings. The van der Waals surface area contributed by atoms with Gasteiger partial charge in [0.25, 0.3) is 0 Å². The lowest BCUT2D eigenvalue weighted by Gasteiger charge is -2.31. The van der Waals surface area contributed by atoms with E-state index in [4.69, 9.17) is 10.5 Å². The van der Waals surface area contributed by atoms with Gasteiger partial charge in [-0.05, 0) is 31.6 Å². The molecule has 1 saturated carbocycles. The quantitative estimate of drug-likeness (QED) is 0.743. The predicted octanol–water partition coefficient (Wildman–Crippen LogP) is 0.525. The number of carbonyl (C=O) groups is 2. The number of rotatable bonds is 4. The number of ether oxygens (including phenoxy) is 1. The minimum atomic E-state index is -0.156. The van der Waals surface area contributed by atoms with Crippen LogP contribution in [0.2, 0.25) is 0 Å². The Hall–Kier alpha value is -1.10. The lowest BCUT2D eigenvalue weighted by atomic mass is 9.96. The van der Waals surface area contributed by atoms with E-state index in [1.165, 1.54) is 20.0 Å². The molecule has 1 amide bonds. The average molecular weight is 254 g/mol. The fourth-order valence-corrected chi connectivity index (χ4v) is 2.55. The number of esters is 1. The highest BCUT2D eigenvalue weighted by atomic mass is 16.5. The number of piperidine rings is 1. The number of nitrogens with two attached hydrogens (primary N) is 1. The van der Waals surface area contributed by atoms with E-state index in [2.05, 4.69) is 0 Å². The average Bonchev–Trinajstić information content (AvgIpc) is 3.22. The Morgan fingerprint density at radius 3 is 2.39 bits per heavy atom. The maximum absolute atomic E-state index is 12.0. The third-order valence-electron chi connectivity index (χ3n) is 4.02. The van der Waals surface area contributed by atoms with Crippen molar-refractivity contribution in [1.82, 2.24) is 4.90 Å². The summed E-state index contributed by atoms with van der Waals surface area (Å²) in [4.78, 5) is 25.2. The highest BCUT2D eigenvalue weighted by Crippen LogP contribution is 2.33. The van der Waals surface area contributed by atoms with E-state index in [1.54, 1.807) is 0 Å². The van der Waals surface area contributed by atoms with Crippen molar-refractivity contribution >= 4 is 11.9 Å². The lowest BCUT2D eigenvalue weighted by molar-refractivity contribution is -0.149. The van der Waals surface area contributed by atoms with Crippen LogP contribution in [0.4, 0.5) is 0 Å². The zero-order chi connectivity index (χ0) is 13.1. The predicted molar refractivity (Wildman–Crippen MR) is 66.6 cm³/mol. The second kappa shape index (κ2) is 5.69. The molecule has 1 heterocycles. The highest BCUT2D eigenvalue weighted by Gasteiger charge is 2.33. The van der Waals surface area contributed by atoms with Crippen LogP contribution in [-0.2, 0) is 14.3 Å². The molecule has 2 N–H and O–H groups in total. The van der Waals surface area contributed by atoms with Crippen molar-refractivity contribution in [2.45, 2.75) is 38.1 Å². The van der Waals surface area contributed by atoms with Crippen molar-refractivity contribution in [2.24, 2.45) is 17.6 Å². The van der Waals surface area contributed by atoms with E-state index in [0.29, 0.717) is 38.3 Å². The number of hydrogen-bond acceptors (Lipinski definition) is 4. The molecule has 1 aliphatic carbocycles. The number of likely N-dealkylation sites (tertiary alicyclic amines) is 1. The molecule has 2 fully saturated rings. The zero-order valence-corrected chi connectivity index (χ0v) is 10.9. The number of amides is 1. The first-order valence-corrected chi connectivity index (χ1v) is 6.73. The Labute approximate surface area is 108 Å². The normalized spacial score (nSPS) is 22.7. The lowest BCUT2D eigenvalue weighted by Crippen LogP contribution is -2.42. The fourth-order valence-electron chi connectivity index (χ4n) is 2.55. The minimum Gasteiger partial charge on any atom is -0.469 e. The number of hydrogen-bond donors (Lipinski definition) is 1.